The summed E-state index contributed by atoms with van der Waals surface area (Å²) in [6.07, 6.45) is 11.2. The van der Waals surface area contributed by atoms with Gasteiger partial charge in [0.15, 0.2) is 0 Å². The van der Waals surface area contributed by atoms with Crippen molar-refractivity contribution in [1.82, 2.24) is 3.01 Å². The van der Waals surface area contributed by atoms with E-state index < -0.39 is 0 Å². The molecule has 2 atom stereocenters. The maximum absolute atomic E-state index is 2.56. The summed E-state index contributed by atoms with van der Waals surface area (Å²) in [7, 11) is 0. The first-order valence-corrected chi connectivity index (χ1v) is 13.0. The van der Waals surface area contributed by atoms with Gasteiger partial charge in [-0.2, -0.15) is 0 Å². The van der Waals surface area contributed by atoms with Crippen LogP contribution in [-0.4, -0.2) is 40.6 Å². The van der Waals surface area contributed by atoms with Crippen molar-refractivity contribution < 1.29 is 0 Å². The summed E-state index contributed by atoms with van der Waals surface area (Å²) in [5, 5.41) is 1.85. The van der Waals surface area contributed by atoms with Crippen LogP contribution in [0.3, 0.4) is 0 Å². The molecule has 1 saturated carbocycles. The first-order chi connectivity index (χ1) is 7.72. The summed E-state index contributed by atoms with van der Waals surface area (Å²) in [6, 6.07) is 0. The summed E-state index contributed by atoms with van der Waals surface area (Å²) in [4.78, 5) is 0. The number of fused-ring (bicyclic) bond motifs is 2. The van der Waals surface area contributed by atoms with Gasteiger partial charge in [-0.1, -0.05) is 0 Å². The SMILES string of the molecule is CS[N]([GaH])C1=C(P(SC)SC)C2CCC1C2. The van der Waals surface area contributed by atoms with Crippen LogP contribution in [0.4, 0.5) is 0 Å². The molecule has 1 nitrogen and oxygen atoms in total. The zero-order chi connectivity index (χ0) is 11.7. The Kier molecular flexibility index (Phi) is 5.46. The van der Waals surface area contributed by atoms with E-state index in [0.717, 1.165) is 11.8 Å². The standard InChI is InChI=1S/C10H17NPS3.Ga.H/c1-13-11-9-7-4-5-8(6-7)10(9)12(14-2)15-3;;/h7-8H,4-6H2,1-3H3;;/q-1;+1;. The van der Waals surface area contributed by atoms with Gasteiger partial charge < -0.3 is 0 Å². The molecule has 2 aliphatic carbocycles. The predicted molar refractivity (Wildman–Crippen MR) is 84.3 cm³/mol. The molecule has 2 unspecified atom stereocenters. The molecular weight excluding hydrogens is 331 g/mol. The van der Waals surface area contributed by atoms with Crippen molar-refractivity contribution in [2.75, 3.05) is 18.8 Å². The molecule has 1 radical (unpaired) electrons. The van der Waals surface area contributed by atoms with Gasteiger partial charge in [0.2, 0.25) is 0 Å². The quantitative estimate of drug-likeness (QED) is 0.418. The molecule has 89 valence electrons. The summed E-state index contributed by atoms with van der Waals surface area (Å²) in [5.41, 5.74) is 1.75. The van der Waals surface area contributed by atoms with Crippen LogP contribution in [0, 0.1) is 11.8 Å². The van der Waals surface area contributed by atoms with Gasteiger partial charge in [-0.05, 0) is 0 Å². The van der Waals surface area contributed by atoms with Crippen LogP contribution in [0.15, 0.2) is 11.0 Å². The molecule has 0 aliphatic heterocycles. The third-order valence-electron chi connectivity index (χ3n) is 3.49. The van der Waals surface area contributed by atoms with Crippen LogP contribution >= 0.6 is 41.0 Å². The molecule has 0 N–H and O–H groups in total. The van der Waals surface area contributed by atoms with Gasteiger partial charge >= 0.3 is 124 Å². The van der Waals surface area contributed by atoms with Gasteiger partial charge in [-0.25, -0.2) is 0 Å². The number of rotatable bonds is 5. The normalized spacial score (nSPS) is 28.2. The third kappa shape index (κ3) is 2.50. The summed E-state index contributed by atoms with van der Waals surface area (Å²) in [5.74, 6) is 1.85. The molecule has 6 heteroatoms. The number of hydrogen-bond acceptors (Lipinski definition) is 4. The minimum absolute atomic E-state index is 0.0284. The van der Waals surface area contributed by atoms with E-state index in [1.807, 2.05) is 17.3 Å². The second kappa shape index (κ2) is 6.20. The molecule has 2 rings (SSSR count). The summed E-state index contributed by atoms with van der Waals surface area (Å²) < 4.78 is 2.56. The Morgan fingerprint density at radius 1 is 1.19 bits per heavy atom. The van der Waals surface area contributed by atoms with Crippen LogP contribution in [0.25, 0.3) is 0 Å². The molecule has 0 saturated heterocycles. The van der Waals surface area contributed by atoms with Crippen molar-refractivity contribution in [2.45, 2.75) is 19.3 Å². The molecule has 2 bridgehead atoms. The van der Waals surface area contributed by atoms with Crippen molar-refractivity contribution in [2.24, 2.45) is 11.8 Å². The second-order valence-corrected chi connectivity index (χ2v) is 14.1. The van der Waals surface area contributed by atoms with Gasteiger partial charge in [0.05, 0.1) is 0 Å². The molecule has 0 heterocycles. The fraction of sp³-hybridized carbons (Fsp3) is 0.800. The Bertz CT molecular complexity index is 296. The molecule has 0 spiro atoms. The predicted octanol–water partition coefficient (Wildman–Crippen LogP) is 4.06. The van der Waals surface area contributed by atoms with Gasteiger partial charge in [0.1, 0.15) is 0 Å². The van der Waals surface area contributed by atoms with Crippen LogP contribution in [-0.2, 0) is 0 Å². The fourth-order valence-electron chi connectivity index (χ4n) is 2.84. The first-order valence-electron chi connectivity index (χ1n) is 5.50. The van der Waals surface area contributed by atoms with Crippen LogP contribution < -0.4 is 0 Å². The molecule has 0 amide bonds. The first kappa shape index (κ1) is 14.1. The summed E-state index contributed by atoms with van der Waals surface area (Å²) in [6.45, 7) is 0. The molecule has 2 aliphatic rings. The number of nitrogens with zero attached hydrogens (tertiary/aromatic N) is 1. The van der Waals surface area contributed by atoms with E-state index in [4.69, 9.17) is 0 Å². The van der Waals surface area contributed by atoms with E-state index in [2.05, 4.69) is 44.5 Å². The minimum atomic E-state index is 0.0284. The molecular formula is C10H18GaNPS3. The van der Waals surface area contributed by atoms with Gasteiger partial charge in [0, 0.05) is 0 Å². The molecule has 0 aromatic rings. The third-order valence-corrected chi connectivity index (χ3v) is 14.0. The fourth-order valence-corrected chi connectivity index (χ4v) is 10.5. The Labute approximate surface area is 123 Å². The van der Waals surface area contributed by atoms with Gasteiger partial charge in [-0.15, -0.1) is 0 Å². The average molecular weight is 349 g/mol. The van der Waals surface area contributed by atoms with Crippen molar-refractivity contribution in [1.29, 1.82) is 0 Å². The molecule has 0 aromatic carbocycles. The van der Waals surface area contributed by atoms with Gasteiger partial charge in [-0.3, -0.25) is 0 Å². The zero-order valence-corrected chi connectivity index (χ0v) is 16.4. The van der Waals surface area contributed by atoms with E-state index >= 15 is 0 Å². The van der Waals surface area contributed by atoms with E-state index in [0.29, 0.717) is 0 Å². The monoisotopic (exact) mass is 348 g/mol. The Hall–Kier alpha value is 1.66. The van der Waals surface area contributed by atoms with E-state index in [-0.39, 0.29) is 6.33 Å². The number of hydrogen-bond donors (Lipinski definition) is 0. The molecule has 1 fully saturated rings. The average Bonchev–Trinajstić information content (AvgIpc) is 2.90. The van der Waals surface area contributed by atoms with Crippen LogP contribution in [0.2, 0.25) is 0 Å². The van der Waals surface area contributed by atoms with Gasteiger partial charge in [0.25, 0.3) is 0 Å². The van der Waals surface area contributed by atoms with Crippen molar-refractivity contribution >= 4 is 59.9 Å². The van der Waals surface area contributed by atoms with Crippen molar-refractivity contribution in [3.05, 3.63) is 11.0 Å². The number of allylic oxidation sites excluding steroid dienone is 2. The Morgan fingerprint density at radius 2 is 1.81 bits per heavy atom. The van der Waals surface area contributed by atoms with Crippen LogP contribution in [0.1, 0.15) is 19.3 Å². The van der Waals surface area contributed by atoms with E-state index in [9.17, 15) is 0 Å². The maximum atomic E-state index is 2.56. The zero-order valence-electron chi connectivity index (χ0n) is 10.1. The van der Waals surface area contributed by atoms with Crippen molar-refractivity contribution in [3.63, 3.8) is 0 Å². The Balaban J connectivity index is 2.31. The second-order valence-electron chi connectivity index (χ2n) is 4.16. The summed E-state index contributed by atoms with van der Waals surface area (Å²) >= 11 is 7.37. The van der Waals surface area contributed by atoms with E-state index in [1.165, 1.54) is 38.1 Å². The van der Waals surface area contributed by atoms with Crippen LogP contribution in [0.5, 0.6) is 0 Å². The molecule has 16 heavy (non-hydrogen) atoms. The molecule has 0 aromatic heterocycles. The topological polar surface area (TPSA) is 3.24 Å². The van der Waals surface area contributed by atoms with Crippen molar-refractivity contribution in [3.8, 4) is 0 Å². The Morgan fingerprint density at radius 3 is 2.38 bits per heavy atom. The van der Waals surface area contributed by atoms with E-state index in [1.54, 1.807) is 5.70 Å².